The van der Waals surface area contributed by atoms with Crippen molar-refractivity contribution in [3.05, 3.63) is 113 Å². The van der Waals surface area contributed by atoms with Crippen molar-refractivity contribution in [2.45, 2.75) is 26.2 Å². The lowest BCUT2D eigenvalue weighted by Gasteiger charge is -2.30. The highest BCUT2D eigenvalue weighted by Crippen LogP contribution is 2.39. The van der Waals surface area contributed by atoms with Gasteiger partial charge in [-0.05, 0) is 69.1 Å². The number of hydrogen-bond acceptors (Lipinski definition) is 3. The topological polar surface area (TPSA) is 19.4 Å². The summed E-state index contributed by atoms with van der Waals surface area (Å²) >= 11 is 13.6. The van der Waals surface area contributed by atoms with E-state index >= 15 is 0 Å². The summed E-state index contributed by atoms with van der Waals surface area (Å²) in [6.07, 6.45) is 0.00377. The number of benzene rings is 5. The van der Waals surface area contributed by atoms with Gasteiger partial charge in [0, 0.05) is 11.9 Å². The zero-order valence-corrected chi connectivity index (χ0v) is 21.3. The lowest BCUT2D eigenvalue weighted by molar-refractivity contribution is 0.152. The van der Waals surface area contributed by atoms with Crippen LogP contribution < -0.4 is 0 Å². The lowest BCUT2D eigenvalue weighted by Crippen LogP contribution is -2.36. The Hall–Kier alpha value is -3.53. The number of halogens is 2. The van der Waals surface area contributed by atoms with Crippen LogP contribution in [0.2, 0.25) is 0 Å². The second kappa shape index (κ2) is 8.26. The predicted molar refractivity (Wildman–Crippen MR) is 151 cm³/mol. The summed E-state index contributed by atoms with van der Waals surface area (Å²) in [5.41, 5.74) is 3.16. The average Bonchev–Trinajstić information content (AvgIpc) is 3.10. The number of hydrogen-bond donors (Lipinski definition) is 0. The number of para-hydroxylation sites is 1. The van der Waals surface area contributed by atoms with E-state index in [-0.39, 0.29) is 6.17 Å². The average molecular weight is 508 g/mol. The largest absolute Gasteiger partial charge is 0.335 e. The molecule has 176 valence electrons. The number of fused-ring (bicyclic) bond motifs is 1. The second-order valence-electron chi connectivity index (χ2n) is 9.59. The second-order valence-corrected chi connectivity index (χ2v) is 10.3. The summed E-state index contributed by atoms with van der Waals surface area (Å²) in [7, 11) is 0. The molecule has 3 nitrogen and oxygen atoms in total. The zero-order valence-electron chi connectivity index (χ0n) is 19.7. The molecule has 2 heterocycles. The van der Waals surface area contributed by atoms with Crippen LogP contribution in [0.3, 0.4) is 0 Å². The molecule has 5 heteroatoms. The van der Waals surface area contributed by atoms with Crippen molar-refractivity contribution in [2.24, 2.45) is 0 Å². The molecule has 0 aliphatic carbocycles. The highest BCUT2D eigenvalue weighted by molar-refractivity contribution is 6.39. The van der Waals surface area contributed by atoms with Crippen LogP contribution in [-0.4, -0.2) is 20.9 Å². The predicted octanol–water partition coefficient (Wildman–Crippen LogP) is 8.40. The van der Waals surface area contributed by atoms with Crippen LogP contribution in [-0.2, 0) is 13.1 Å². The number of pyridine rings is 1. The van der Waals surface area contributed by atoms with Gasteiger partial charge in [-0.2, -0.15) is 0 Å². The normalized spacial score (nSPS) is 16.5. The molecular weight excluding hydrogens is 485 g/mol. The van der Waals surface area contributed by atoms with Gasteiger partial charge in [0.05, 0.1) is 17.8 Å². The molecule has 1 aliphatic heterocycles. The van der Waals surface area contributed by atoms with Crippen LogP contribution >= 0.6 is 23.2 Å². The third-order valence-electron chi connectivity index (χ3n) is 7.44. The van der Waals surface area contributed by atoms with E-state index < -0.39 is 0 Å². The minimum absolute atomic E-state index is 0.00377. The van der Waals surface area contributed by atoms with E-state index in [0.717, 1.165) is 16.6 Å². The molecule has 0 bridgehead atoms. The fraction of sp³-hybridized carbons (Fsp3) is 0.129. The Balaban J connectivity index is 1.21. The van der Waals surface area contributed by atoms with E-state index in [1.807, 2.05) is 18.2 Å². The molecule has 0 saturated heterocycles. The molecule has 1 unspecified atom stereocenters. The van der Waals surface area contributed by atoms with Crippen molar-refractivity contribution in [3.8, 4) is 0 Å². The third kappa shape index (κ3) is 3.38. The molecular formula is C31H23Cl2N3. The van der Waals surface area contributed by atoms with E-state index in [2.05, 4.69) is 89.5 Å². The van der Waals surface area contributed by atoms with Crippen molar-refractivity contribution >= 4 is 66.4 Å². The fourth-order valence-electron chi connectivity index (χ4n) is 5.61. The van der Waals surface area contributed by atoms with Crippen molar-refractivity contribution in [2.75, 3.05) is 0 Å². The summed E-state index contributed by atoms with van der Waals surface area (Å²) < 4.78 is 0. The summed E-state index contributed by atoms with van der Waals surface area (Å²) in [5.74, 6) is 0. The van der Waals surface area contributed by atoms with Gasteiger partial charge in [0.25, 0.3) is 0 Å². The standard InChI is InChI=1S/C31H23Cl2N3/c1-19-35(30(32)31(33)36(19)18-26-14-13-21-5-2-3-8-27(21)34-26)17-20-15-24-11-9-22-6-4-7-23-10-12-25(16-20)29(24)28(22)23/h2-16,19H,17-18H2,1H3. The molecule has 1 aliphatic rings. The van der Waals surface area contributed by atoms with Gasteiger partial charge in [0.1, 0.15) is 16.5 Å². The summed E-state index contributed by atoms with van der Waals surface area (Å²) in [6, 6.07) is 32.3. The van der Waals surface area contributed by atoms with Crippen LogP contribution in [0, 0.1) is 0 Å². The summed E-state index contributed by atoms with van der Waals surface area (Å²) in [4.78, 5) is 9.12. The third-order valence-corrected chi connectivity index (χ3v) is 8.33. The van der Waals surface area contributed by atoms with Gasteiger partial charge in [-0.25, -0.2) is 0 Å². The first kappa shape index (κ1) is 21.7. The Labute approximate surface area is 219 Å². The molecule has 1 aromatic heterocycles. The van der Waals surface area contributed by atoms with Gasteiger partial charge in [-0.1, -0.05) is 89.9 Å². The first-order chi connectivity index (χ1) is 17.6. The van der Waals surface area contributed by atoms with Crippen LogP contribution in [0.25, 0.3) is 43.2 Å². The van der Waals surface area contributed by atoms with Crippen LogP contribution in [0.4, 0.5) is 0 Å². The molecule has 6 aromatic rings. The molecule has 7 rings (SSSR count). The van der Waals surface area contributed by atoms with E-state index in [4.69, 9.17) is 28.2 Å². The lowest BCUT2D eigenvalue weighted by atomic mass is 9.93. The molecule has 5 aromatic carbocycles. The van der Waals surface area contributed by atoms with Gasteiger partial charge in [0.2, 0.25) is 0 Å². The summed E-state index contributed by atoms with van der Waals surface area (Å²) in [5, 5.41) is 10.0. The monoisotopic (exact) mass is 507 g/mol. The van der Waals surface area contributed by atoms with Crippen molar-refractivity contribution in [1.29, 1.82) is 0 Å². The van der Waals surface area contributed by atoms with Crippen molar-refractivity contribution in [3.63, 3.8) is 0 Å². The van der Waals surface area contributed by atoms with Gasteiger partial charge < -0.3 is 9.80 Å². The van der Waals surface area contributed by atoms with E-state index in [1.165, 1.54) is 37.9 Å². The summed E-state index contributed by atoms with van der Waals surface area (Å²) in [6.45, 7) is 3.41. The Kier molecular flexibility index (Phi) is 4.99. The van der Waals surface area contributed by atoms with Crippen molar-refractivity contribution in [1.82, 2.24) is 14.8 Å². The van der Waals surface area contributed by atoms with E-state index in [9.17, 15) is 0 Å². The fourth-order valence-corrected chi connectivity index (χ4v) is 6.23. The Morgan fingerprint density at radius 2 is 1.19 bits per heavy atom. The first-order valence-corrected chi connectivity index (χ1v) is 12.9. The Morgan fingerprint density at radius 3 is 1.92 bits per heavy atom. The van der Waals surface area contributed by atoms with Crippen LogP contribution in [0.5, 0.6) is 0 Å². The maximum Gasteiger partial charge on any atom is 0.142 e. The minimum atomic E-state index is 0.00377. The Bertz CT molecular complexity index is 1750. The molecule has 0 fully saturated rings. The van der Waals surface area contributed by atoms with Crippen LogP contribution in [0.1, 0.15) is 18.2 Å². The van der Waals surface area contributed by atoms with Gasteiger partial charge in [-0.15, -0.1) is 0 Å². The van der Waals surface area contributed by atoms with Gasteiger partial charge in [0.15, 0.2) is 0 Å². The zero-order chi connectivity index (χ0) is 24.4. The van der Waals surface area contributed by atoms with Gasteiger partial charge >= 0.3 is 0 Å². The molecule has 0 N–H and O–H groups in total. The quantitative estimate of drug-likeness (QED) is 0.176. The Morgan fingerprint density at radius 1 is 0.639 bits per heavy atom. The highest BCUT2D eigenvalue weighted by atomic mass is 35.5. The SMILES string of the molecule is CC1N(Cc2cc3ccc4cccc5ccc(c2)c3c45)C(Cl)=C(Cl)N1Cc1ccc2ccccc2n1. The maximum atomic E-state index is 6.81. The number of nitrogens with zero attached hydrogens (tertiary/aromatic N) is 3. The number of aromatic nitrogens is 1. The molecule has 1 atom stereocenters. The van der Waals surface area contributed by atoms with E-state index in [1.54, 1.807) is 0 Å². The maximum absolute atomic E-state index is 6.81. The molecule has 36 heavy (non-hydrogen) atoms. The van der Waals surface area contributed by atoms with Gasteiger partial charge in [-0.3, -0.25) is 4.98 Å². The molecule has 0 saturated carbocycles. The number of rotatable bonds is 4. The first-order valence-electron chi connectivity index (χ1n) is 12.2. The highest BCUT2D eigenvalue weighted by Gasteiger charge is 2.34. The van der Waals surface area contributed by atoms with Crippen LogP contribution in [0.15, 0.2) is 101 Å². The minimum Gasteiger partial charge on any atom is -0.335 e. The molecule has 0 amide bonds. The molecule has 0 radical (unpaired) electrons. The van der Waals surface area contributed by atoms with E-state index in [0.29, 0.717) is 23.4 Å². The van der Waals surface area contributed by atoms with Crippen molar-refractivity contribution < 1.29 is 0 Å². The smallest absolute Gasteiger partial charge is 0.142 e. The molecule has 0 spiro atoms.